The minimum Gasteiger partial charge on any atom is -0.462 e. The van der Waals surface area contributed by atoms with E-state index in [0.717, 1.165) is 64.2 Å². The second-order valence-electron chi connectivity index (χ2n) is 20.3. The highest BCUT2D eigenvalue weighted by Crippen LogP contribution is 2.16. The smallest absolute Gasteiger partial charge is 0.306 e. The Morgan fingerprint density at radius 2 is 0.529 bits per heavy atom. The summed E-state index contributed by atoms with van der Waals surface area (Å²) < 4.78 is 16.9. The molecule has 6 nitrogen and oxygen atoms in total. The summed E-state index contributed by atoms with van der Waals surface area (Å²) in [7, 11) is 0. The molecule has 0 amide bonds. The molecule has 0 heterocycles. The molecule has 0 rings (SSSR count). The first-order chi connectivity index (χ1) is 33.5. The first-order valence-corrected chi connectivity index (χ1v) is 30.0. The van der Waals surface area contributed by atoms with Crippen molar-refractivity contribution in [1.29, 1.82) is 0 Å². The van der Waals surface area contributed by atoms with Gasteiger partial charge in [-0.25, -0.2) is 0 Å². The zero-order valence-electron chi connectivity index (χ0n) is 45.6. The predicted molar refractivity (Wildman–Crippen MR) is 293 cm³/mol. The Balaban J connectivity index is 4.26. The van der Waals surface area contributed by atoms with E-state index in [1.54, 1.807) is 0 Å². The second kappa shape index (κ2) is 57.2. The zero-order valence-corrected chi connectivity index (χ0v) is 45.6. The summed E-state index contributed by atoms with van der Waals surface area (Å²) in [5.41, 5.74) is 0. The number of esters is 3. The van der Waals surface area contributed by atoms with Gasteiger partial charge in [-0.1, -0.05) is 263 Å². The van der Waals surface area contributed by atoms with Crippen LogP contribution in [-0.4, -0.2) is 37.2 Å². The second-order valence-corrected chi connectivity index (χ2v) is 20.3. The topological polar surface area (TPSA) is 78.9 Å². The highest BCUT2D eigenvalue weighted by Gasteiger charge is 2.19. The molecule has 1 unspecified atom stereocenters. The summed E-state index contributed by atoms with van der Waals surface area (Å²) in [6.45, 7) is 6.64. The molecule has 0 radical (unpaired) electrons. The first kappa shape index (κ1) is 65.6. The van der Waals surface area contributed by atoms with Crippen LogP contribution in [0.2, 0.25) is 0 Å². The maximum atomic E-state index is 12.9. The molecule has 0 N–H and O–H groups in total. The van der Waals surface area contributed by atoms with Gasteiger partial charge in [-0.3, -0.25) is 14.4 Å². The maximum Gasteiger partial charge on any atom is 0.306 e. The fourth-order valence-electron chi connectivity index (χ4n) is 8.82. The lowest BCUT2D eigenvalue weighted by Gasteiger charge is -2.18. The van der Waals surface area contributed by atoms with E-state index in [0.29, 0.717) is 19.3 Å². The number of unbranched alkanes of at least 4 members (excludes halogenated alkanes) is 38. The maximum absolute atomic E-state index is 12.9. The Kier molecular flexibility index (Phi) is 55.2. The molecule has 0 saturated carbocycles. The van der Waals surface area contributed by atoms with E-state index in [2.05, 4.69) is 57.2 Å². The van der Waals surface area contributed by atoms with Gasteiger partial charge in [0.25, 0.3) is 0 Å². The summed E-state index contributed by atoms with van der Waals surface area (Å²) in [5.74, 6) is -0.861. The van der Waals surface area contributed by atoms with E-state index >= 15 is 0 Å². The lowest BCUT2D eigenvalue weighted by molar-refractivity contribution is -0.167. The third kappa shape index (κ3) is 54.6. The van der Waals surface area contributed by atoms with Gasteiger partial charge in [-0.2, -0.15) is 0 Å². The molecule has 0 aliphatic carbocycles. The molecule has 0 aliphatic heterocycles. The van der Waals surface area contributed by atoms with Crippen molar-refractivity contribution in [1.82, 2.24) is 0 Å². The van der Waals surface area contributed by atoms with Gasteiger partial charge in [-0.15, -0.1) is 0 Å². The fourth-order valence-corrected chi connectivity index (χ4v) is 8.82. The molecule has 0 fully saturated rings. The normalized spacial score (nSPS) is 12.2. The minimum atomic E-state index is -0.772. The molecule has 398 valence electrons. The van der Waals surface area contributed by atoms with Crippen molar-refractivity contribution in [2.45, 2.75) is 329 Å². The number of carbonyl (C=O) groups is 3. The summed E-state index contributed by atoms with van der Waals surface area (Å²) in [4.78, 5) is 38.1. The van der Waals surface area contributed by atoms with E-state index in [4.69, 9.17) is 14.2 Å². The molecule has 6 heteroatoms. The monoisotopic (exact) mass is 955 g/mol. The number of carbonyl (C=O) groups excluding carboxylic acids is 3. The van der Waals surface area contributed by atoms with Gasteiger partial charge in [0.15, 0.2) is 6.10 Å². The van der Waals surface area contributed by atoms with Crippen LogP contribution in [0.5, 0.6) is 0 Å². The Hall–Kier alpha value is -2.37. The molecule has 0 spiro atoms. The Morgan fingerprint density at radius 1 is 0.294 bits per heavy atom. The largest absolute Gasteiger partial charge is 0.462 e. The highest BCUT2D eigenvalue weighted by molar-refractivity contribution is 5.71. The lowest BCUT2D eigenvalue weighted by Crippen LogP contribution is -2.30. The predicted octanol–water partition coefficient (Wildman–Crippen LogP) is 20.0. The van der Waals surface area contributed by atoms with Crippen LogP contribution in [0.25, 0.3) is 0 Å². The summed E-state index contributed by atoms with van der Waals surface area (Å²) in [6.07, 6.45) is 68.6. The van der Waals surface area contributed by atoms with Crippen LogP contribution in [0.15, 0.2) is 36.5 Å². The molecule has 0 aromatic heterocycles. The van der Waals surface area contributed by atoms with Crippen molar-refractivity contribution in [3.8, 4) is 0 Å². The van der Waals surface area contributed by atoms with Crippen LogP contribution in [0, 0.1) is 0 Å². The van der Waals surface area contributed by atoms with E-state index in [1.807, 2.05) is 0 Å². The molecule has 0 saturated heterocycles. The highest BCUT2D eigenvalue weighted by atomic mass is 16.6. The molecule has 68 heavy (non-hydrogen) atoms. The molecule has 0 aromatic carbocycles. The number of hydrogen-bond acceptors (Lipinski definition) is 6. The molecule has 0 aromatic rings. The van der Waals surface area contributed by atoms with Crippen LogP contribution in [-0.2, 0) is 28.6 Å². The van der Waals surface area contributed by atoms with Crippen LogP contribution in [0.4, 0.5) is 0 Å². The summed E-state index contributed by atoms with van der Waals surface area (Å²) >= 11 is 0. The Morgan fingerprint density at radius 3 is 0.853 bits per heavy atom. The lowest BCUT2D eigenvalue weighted by atomic mass is 10.1. The first-order valence-electron chi connectivity index (χ1n) is 30.0. The van der Waals surface area contributed by atoms with Gasteiger partial charge < -0.3 is 14.2 Å². The van der Waals surface area contributed by atoms with Gasteiger partial charge in [0.1, 0.15) is 13.2 Å². The quantitative estimate of drug-likeness (QED) is 0.0262. The van der Waals surface area contributed by atoms with E-state index in [1.165, 1.54) is 218 Å². The van der Waals surface area contributed by atoms with Gasteiger partial charge in [0, 0.05) is 19.3 Å². The fraction of sp³-hybridized carbons (Fsp3) is 0.855. The van der Waals surface area contributed by atoms with Crippen molar-refractivity contribution in [3.63, 3.8) is 0 Å². The molecular formula is C62H114O6. The summed E-state index contributed by atoms with van der Waals surface area (Å²) in [5, 5.41) is 0. The number of rotatable bonds is 55. The average molecular weight is 956 g/mol. The third-order valence-electron chi connectivity index (χ3n) is 13.4. The van der Waals surface area contributed by atoms with E-state index in [9.17, 15) is 14.4 Å². The van der Waals surface area contributed by atoms with Crippen molar-refractivity contribution in [2.75, 3.05) is 13.2 Å². The zero-order chi connectivity index (χ0) is 49.3. The summed E-state index contributed by atoms with van der Waals surface area (Å²) in [6, 6.07) is 0. The van der Waals surface area contributed by atoms with Gasteiger partial charge in [0.05, 0.1) is 0 Å². The number of allylic oxidation sites excluding steroid dienone is 6. The van der Waals surface area contributed by atoms with Crippen LogP contribution >= 0.6 is 0 Å². The third-order valence-corrected chi connectivity index (χ3v) is 13.4. The standard InChI is InChI=1S/C62H114O6/c1-4-7-10-13-16-19-22-24-26-28-30-31-33-34-36-38-40-43-46-49-52-55-61(64)67-58-59(57-66-60(63)54-51-48-45-42-21-18-15-12-9-6-3)68-62(65)56-53-50-47-44-41-39-37-35-32-29-27-25-23-20-17-14-11-8-5-2/h17,20,25,27-28,30,59H,4-16,18-19,21-24,26,29,31-58H2,1-3H3/b20-17-,27-25-,30-28-. The molecule has 1 atom stereocenters. The van der Waals surface area contributed by atoms with Crippen LogP contribution in [0.1, 0.15) is 323 Å². The van der Waals surface area contributed by atoms with Crippen molar-refractivity contribution in [2.24, 2.45) is 0 Å². The van der Waals surface area contributed by atoms with Crippen LogP contribution in [0.3, 0.4) is 0 Å². The minimum absolute atomic E-state index is 0.0709. The molecule has 0 bridgehead atoms. The van der Waals surface area contributed by atoms with E-state index in [-0.39, 0.29) is 31.1 Å². The Bertz CT molecular complexity index is 1140. The van der Waals surface area contributed by atoms with Crippen molar-refractivity contribution < 1.29 is 28.6 Å². The van der Waals surface area contributed by atoms with E-state index < -0.39 is 6.10 Å². The van der Waals surface area contributed by atoms with Gasteiger partial charge in [0.2, 0.25) is 0 Å². The van der Waals surface area contributed by atoms with Crippen molar-refractivity contribution >= 4 is 17.9 Å². The van der Waals surface area contributed by atoms with Crippen LogP contribution < -0.4 is 0 Å². The number of ether oxygens (including phenoxy) is 3. The van der Waals surface area contributed by atoms with Gasteiger partial charge >= 0.3 is 17.9 Å². The molecule has 0 aliphatic rings. The van der Waals surface area contributed by atoms with Crippen molar-refractivity contribution in [3.05, 3.63) is 36.5 Å². The number of hydrogen-bond donors (Lipinski definition) is 0. The van der Waals surface area contributed by atoms with Gasteiger partial charge in [-0.05, 0) is 77.0 Å². The SMILES string of the molecule is CCCCC/C=C\C/C=C\CCCCCCCCCCCC(=O)OC(COC(=O)CCCCCCCCCCCC)COC(=O)CCCCCCCCCCC/C=C\CCCCCCCCCC. The Labute approximate surface area is 423 Å². The molecular weight excluding hydrogens is 841 g/mol. The average Bonchev–Trinajstić information content (AvgIpc) is 3.34.